The maximum absolute atomic E-state index is 12.2. The fourth-order valence-electron chi connectivity index (χ4n) is 2.66. The van der Waals surface area contributed by atoms with Gasteiger partial charge in [0.2, 0.25) is 0 Å². The molecule has 1 aliphatic heterocycles. The van der Waals surface area contributed by atoms with Gasteiger partial charge in [-0.3, -0.25) is 4.79 Å². The van der Waals surface area contributed by atoms with Crippen molar-refractivity contribution in [3.8, 4) is 0 Å². The lowest BCUT2D eigenvalue weighted by Crippen LogP contribution is -2.42. The standard InChI is InChI=1S/C16H30N2O4/c1-12(17-9-8-14(19)21-5)11-13-7-6-10-18(13)15(20)22-16(2,3)4/h12-13,17H,6-11H2,1-5H3. The molecule has 0 aromatic rings. The summed E-state index contributed by atoms with van der Waals surface area (Å²) in [6, 6.07) is 0.438. The Morgan fingerprint density at radius 3 is 2.64 bits per heavy atom. The minimum absolute atomic E-state index is 0.204. The Morgan fingerprint density at radius 1 is 1.36 bits per heavy atom. The van der Waals surface area contributed by atoms with E-state index in [-0.39, 0.29) is 24.1 Å². The highest BCUT2D eigenvalue weighted by atomic mass is 16.6. The normalized spacial score (nSPS) is 19.9. The number of hydrogen-bond donors (Lipinski definition) is 1. The lowest BCUT2D eigenvalue weighted by molar-refractivity contribution is -0.140. The van der Waals surface area contributed by atoms with Crippen molar-refractivity contribution in [1.29, 1.82) is 0 Å². The lowest BCUT2D eigenvalue weighted by Gasteiger charge is -2.30. The summed E-state index contributed by atoms with van der Waals surface area (Å²) in [7, 11) is 1.39. The molecule has 0 aliphatic carbocycles. The average Bonchev–Trinajstić information content (AvgIpc) is 2.84. The SMILES string of the molecule is COC(=O)CCNC(C)CC1CCCN1C(=O)OC(C)(C)C. The van der Waals surface area contributed by atoms with Crippen LogP contribution in [0.15, 0.2) is 0 Å². The van der Waals surface area contributed by atoms with Crippen molar-refractivity contribution < 1.29 is 19.1 Å². The minimum atomic E-state index is -0.464. The zero-order valence-electron chi connectivity index (χ0n) is 14.5. The van der Waals surface area contributed by atoms with Gasteiger partial charge in [-0.15, -0.1) is 0 Å². The first-order valence-corrected chi connectivity index (χ1v) is 8.02. The molecule has 6 nitrogen and oxygen atoms in total. The van der Waals surface area contributed by atoms with Gasteiger partial charge in [0.15, 0.2) is 0 Å². The first-order valence-electron chi connectivity index (χ1n) is 8.02. The van der Waals surface area contributed by atoms with Gasteiger partial charge < -0.3 is 19.7 Å². The van der Waals surface area contributed by atoms with Gasteiger partial charge in [-0.2, -0.15) is 0 Å². The molecule has 6 heteroatoms. The quantitative estimate of drug-likeness (QED) is 0.762. The molecule has 2 unspecified atom stereocenters. The van der Waals surface area contributed by atoms with Crippen LogP contribution in [-0.4, -0.2) is 54.8 Å². The lowest BCUT2D eigenvalue weighted by atomic mass is 10.1. The van der Waals surface area contributed by atoms with Crippen LogP contribution in [0.25, 0.3) is 0 Å². The first kappa shape index (κ1) is 18.7. The molecule has 2 atom stereocenters. The zero-order valence-corrected chi connectivity index (χ0v) is 14.5. The van der Waals surface area contributed by atoms with E-state index in [0.717, 1.165) is 25.8 Å². The molecule has 1 fully saturated rings. The fourth-order valence-corrected chi connectivity index (χ4v) is 2.66. The molecule has 0 radical (unpaired) electrons. The summed E-state index contributed by atoms with van der Waals surface area (Å²) in [5, 5.41) is 3.30. The van der Waals surface area contributed by atoms with E-state index >= 15 is 0 Å². The Bertz CT molecular complexity index is 379. The van der Waals surface area contributed by atoms with Gasteiger partial charge in [0.05, 0.1) is 13.5 Å². The molecule has 0 spiro atoms. The van der Waals surface area contributed by atoms with Gasteiger partial charge >= 0.3 is 12.1 Å². The number of carbonyl (C=O) groups excluding carboxylic acids is 2. The van der Waals surface area contributed by atoms with Crippen molar-refractivity contribution in [1.82, 2.24) is 10.2 Å². The van der Waals surface area contributed by atoms with Crippen molar-refractivity contribution in [2.24, 2.45) is 0 Å². The number of likely N-dealkylation sites (tertiary alicyclic amines) is 1. The molecular formula is C16H30N2O4. The van der Waals surface area contributed by atoms with Crippen LogP contribution in [-0.2, 0) is 14.3 Å². The van der Waals surface area contributed by atoms with E-state index in [0.29, 0.717) is 13.0 Å². The maximum atomic E-state index is 12.2. The van der Waals surface area contributed by atoms with Gasteiger partial charge in [0.1, 0.15) is 5.60 Å². The van der Waals surface area contributed by atoms with Crippen LogP contribution >= 0.6 is 0 Å². The van der Waals surface area contributed by atoms with E-state index in [4.69, 9.17) is 4.74 Å². The molecule has 1 rings (SSSR count). The highest BCUT2D eigenvalue weighted by Crippen LogP contribution is 2.24. The number of amides is 1. The Hall–Kier alpha value is -1.30. The largest absolute Gasteiger partial charge is 0.469 e. The van der Waals surface area contributed by atoms with Crippen molar-refractivity contribution >= 4 is 12.1 Å². The van der Waals surface area contributed by atoms with Gasteiger partial charge in [0.25, 0.3) is 0 Å². The van der Waals surface area contributed by atoms with Crippen molar-refractivity contribution in [2.75, 3.05) is 20.2 Å². The average molecular weight is 314 g/mol. The van der Waals surface area contributed by atoms with Crippen molar-refractivity contribution in [3.63, 3.8) is 0 Å². The number of carbonyl (C=O) groups is 2. The first-order chi connectivity index (χ1) is 10.2. The number of hydrogen-bond acceptors (Lipinski definition) is 5. The summed E-state index contributed by atoms with van der Waals surface area (Å²) in [6.45, 7) is 9.07. The second-order valence-corrected chi connectivity index (χ2v) is 6.89. The topological polar surface area (TPSA) is 67.9 Å². The van der Waals surface area contributed by atoms with E-state index in [2.05, 4.69) is 17.0 Å². The summed E-state index contributed by atoms with van der Waals surface area (Å²) in [5.41, 5.74) is -0.464. The molecule has 128 valence electrons. The molecule has 0 bridgehead atoms. The predicted octanol–water partition coefficient (Wildman–Crippen LogP) is 2.32. The van der Waals surface area contributed by atoms with E-state index in [1.807, 2.05) is 25.7 Å². The third kappa shape index (κ3) is 6.64. The van der Waals surface area contributed by atoms with Gasteiger partial charge in [-0.05, 0) is 47.0 Å². The van der Waals surface area contributed by atoms with Crippen LogP contribution in [0.5, 0.6) is 0 Å². The van der Waals surface area contributed by atoms with E-state index in [9.17, 15) is 9.59 Å². The third-order valence-electron chi connectivity index (χ3n) is 3.68. The van der Waals surface area contributed by atoms with Gasteiger partial charge in [0, 0.05) is 25.2 Å². The Labute approximate surface area is 133 Å². The number of nitrogens with zero attached hydrogens (tertiary/aromatic N) is 1. The maximum Gasteiger partial charge on any atom is 0.410 e. The zero-order chi connectivity index (χ0) is 16.8. The second-order valence-electron chi connectivity index (χ2n) is 6.89. The predicted molar refractivity (Wildman–Crippen MR) is 84.7 cm³/mol. The van der Waals surface area contributed by atoms with Crippen LogP contribution in [0, 0.1) is 0 Å². The monoisotopic (exact) mass is 314 g/mol. The molecule has 0 aromatic heterocycles. The highest BCUT2D eigenvalue weighted by molar-refractivity contribution is 5.69. The number of nitrogens with one attached hydrogen (secondary N) is 1. The van der Waals surface area contributed by atoms with E-state index in [1.165, 1.54) is 7.11 Å². The highest BCUT2D eigenvalue weighted by Gasteiger charge is 2.32. The molecule has 1 heterocycles. The number of methoxy groups -OCH3 is 1. The van der Waals surface area contributed by atoms with Crippen LogP contribution in [0.4, 0.5) is 4.79 Å². The van der Waals surface area contributed by atoms with Gasteiger partial charge in [-0.1, -0.05) is 0 Å². The summed E-state index contributed by atoms with van der Waals surface area (Å²) in [5.74, 6) is -0.212. The third-order valence-corrected chi connectivity index (χ3v) is 3.68. The smallest absolute Gasteiger partial charge is 0.410 e. The number of esters is 1. The molecule has 1 saturated heterocycles. The molecule has 22 heavy (non-hydrogen) atoms. The summed E-state index contributed by atoms with van der Waals surface area (Å²) in [6.07, 6.45) is 3.01. The summed E-state index contributed by atoms with van der Waals surface area (Å²) >= 11 is 0. The minimum Gasteiger partial charge on any atom is -0.469 e. The molecule has 0 aromatic carbocycles. The molecule has 1 aliphatic rings. The van der Waals surface area contributed by atoms with E-state index in [1.54, 1.807) is 0 Å². The number of ether oxygens (including phenoxy) is 2. The van der Waals surface area contributed by atoms with Crippen LogP contribution in [0.2, 0.25) is 0 Å². The Morgan fingerprint density at radius 2 is 2.05 bits per heavy atom. The Balaban J connectivity index is 2.39. The van der Waals surface area contributed by atoms with Crippen LogP contribution in [0.1, 0.15) is 53.4 Å². The second kappa shape index (κ2) is 8.36. The van der Waals surface area contributed by atoms with Crippen LogP contribution < -0.4 is 5.32 Å². The van der Waals surface area contributed by atoms with Crippen molar-refractivity contribution in [3.05, 3.63) is 0 Å². The Kier molecular flexibility index (Phi) is 7.13. The fraction of sp³-hybridized carbons (Fsp3) is 0.875. The summed E-state index contributed by atoms with van der Waals surface area (Å²) < 4.78 is 10.1. The van der Waals surface area contributed by atoms with Gasteiger partial charge in [-0.25, -0.2) is 4.79 Å². The van der Waals surface area contributed by atoms with Crippen molar-refractivity contribution in [2.45, 2.75) is 71.1 Å². The molecule has 1 amide bonds. The van der Waals surface area contributed by atoms with E-state index < -0.39 is 5.60 Å². The molecular weight excluding hydrogens is 284 g/mol. The molecule has 1 N–H and O–H groups in total. The van der Waals surface area contributed by atoms with Crippen LogP contribution in [0.3, 0.4) is 0 Å². The molecule has 0 saturated carbocycles. The number of rotatable bonds is 6. The summed E-state index contributed by atoms with van der Waals surface area (Å²) in [4.78, 5) is 25.1.